The van der Waals surface area contributed by atoms with Gasteiger partial charge >= 0.3 is 0 Å². The van der Waals surface area contributed by atoms with E-state index in [9.17, 15) is 4.79 Å². The van der Waals surface area contributed by atoms with Crippen LogP contribution in [0.4, 0.5) is 11.5 Å². The van der Waals surface area contributed by atoms with E-state index in [1.165, 1.54) is 5.56 Å². The highest BCUT2D eigenvalue weighted by molar-refractivity contribution is 5.76. The number of hydrogen-bond acceptors (Lipinski definition) is 3. The number of aromatic nitrogens is 1. The zero-order chi connectivity index (χ0) is 13.8. The third-order valence-electron chi connectivity index (χ3n) is 3.09. The number of hydrogen-bond donors (Lipinski definition) is 0. The monoisotopic (exact) mass is 254 g/mol. The first kappa shape index (κ1) is 13.3. The van der Waals surface area contributed by atoms with Gasteiger partial charge in [0.2, 0.25) is 0 Å². The first-order valence-electron chi connectivity index (χ1n) is 6.41. The van der Waals surface area contributed by atoms with E-state index >= 15 is 0 Å². The first-order chi connectivity index (χ1) is 9.15. The van der Waals surface area contributed by atoms with Crippen LogP contribution in [0.15, 0.2) is 36.5 Å². The summed E-state index contributed by atoms with van der Waals surface area (Å²) in [6, 6.07) is 10.2. The summed E-state index contributed by atoms with van der Waals surface area (Å²) in [5.74, 6) is 0.902. The normalized spacial score (nSPS) is 10.3. The molecule has 1 heterocycles. The Labute approximate surface area is 113 Å². The molecule has 0 spiro atoms. The van der Waals surface area contributed by atoms with Crippen LogP contribution in [0.25, 0.3) is 0 Å². The van der Waals surface area contributed by atoms with Crippen molar-refractivity contribution < 1.29 is 4.79 Å². The summed E-state index contributed by atoms with van der Waals surface area (Å²) in [5.41, 5.74) is 3.96. The second-order valence-corrected chi connectivity index (χ2v) is 4.61. The number of benzene rings is 1. The van der Waals surface area contributed by atoms with Crippen molar-refractivity contribution >= 4 is 17.8 Å². The lowest BCUT2D eigenvalue weighted by Gasteiger charge is -2.24. The lowest BCUT2D eigenvalue weighted by Crippen LogP contribution is -2.18. The minimum atomic E-state index is 0.613. The second kappa shape index (κ2) is 5.65. The standard InChI is InChI=1S/C16H18N2O/c1-4-18(15-7-5-6-12(2)8-15)16-13(3)9-14(11-19)10-17-16/h5-11H,4H2,1-3H3. The summed E-state index contributed by atoms with van der Waals surface area (Å²) in [6.07, 6.45) is 2.44. The molecule has 0 atom stereocenters. The van der Waals surface area contributed by atoms with Crippen molar-refractivity contribution in [2.24, 2.45) is 0 Å². The van der Waals surface area contributed by atoms with E-state index in [4.69, 9.17) is 0 Å². The summed E-state index contributed by atoms with van der Waals surface area (Å²) < 4.78 is 0. The predicted molar refractivity (Wildman–Crippen MR) is 78.2 cm³/mol. The van der Waals surface area contributed by atoms with Crippen LogP contribution in [0.3, 0.4) is 0 Å². The number of pyridine rings is 1. The Bertz CT molecular complexity index is 593. The third-order valence-corrected chi connectivity index (χ3v) is 3.09. The van der Waals surface area contributed by atoms with E-state index in [-0.39, 0.29) is 0 Å². The maximum Gasteiger partial charge on any atom is 0.151 e. The van der Waals surface area contributed by atoms with Crippen LogP contribution in [-0.4, -0.2) is 17.8 Å². The molecule has 0 aliphatic carbocycles. The molecule has 3 heteroatoms. The summed E-state index contributed by atoms with van der Waals surface area (Å²) in [7, 11) is 0. The van der Waals surface area contributed by atoms with Crippen LogP contribution in [0.5, 0.6) is 0 Å². The fourth-order valence-corrected chi connectivity index (χ4v) is 2.19. The highest BCUT2D eigenvalue weighted by Crippen LogP contribution is 2.26. The molecule has 0 bridgehead atoms. The fraction of sp³-hybridized carbons (Fsp3) is 0.250. The van der Waals surface area contributed by atoms with E-state index in [1.807, 2.05) is 19.1 Å². The largest absolute Gasteiger partial charge is 0.326 e. The average molecular weight is 254 g/mol. The lowest BCUT2D eigenvalue weighted by molar-refractivity contribution is 0.112. The quantitative estimate of drug-likeness (QED) is 0.780. The SMILES string of the molecule is CCN(c1cccc(C)c1)c1ncc(C=O)cc1C. The van der Waals surface area contributed by atoms with Gasteiger partial charge in [-0.1, -0.05) is 12.1 Å². The number of anilines is 2. The smallest absolute Gasteiger partial charge is 0.151 e. The molecule has 0 unspecified atom stereocenters. The van der Waals surface area contributed by atoms with Gasteiger partial charge in [0.15, 0.2) is 6.29 Å². The van der Waals surface area contributed by atoms with E-state index in [2.05, 4.69) is 41.9 Å². The van der Waals surface area contributed by atoms with Crippen molar-refractivity contribution in [1.82, 2.24) is 4.98 Å². The molecule has 0 radical (unpaired) electrons. The van der Waals surface area contributed by atoms with Gasteiger partial charge in [-0.2, -0.15) is 0 Å². The average Bonchev–Trinajstić information content (AvgIpc) is 2.41. The van der Waals surface area contributed by atoms with E-state index in [1.54, 1.807) is 6.20 Å². The van der Waals surface area contributed by atoms with E-state index in [0.717, 1.165) is 29.9 Å². The molecule has 0 amide bonds. The Morgan fingerprint density at radius 3 is 2.63 bits per heavy atom. The fourth-order valence-electron chi connectivity index (χ4n) is 2.19. The van der Waals surface area contributed by atoms with Crippen LogP contribution in [-0.2, 0) is 0 Å². The minimum Gasteiger partial charge on any atom is -0.326 e. The molecule has 1 aromatic heterocycles. The van der Waals surface area contributed by atoms with Crippen molar-refractivity contribution in [2.75, 3.05) is 11.4 Å². The Balaban J connectivity index is 2.45. The molecule has 0 saturated heterocycles. The number of rotatable bonds is 4. The Morgan fingerprint density at radius 1 is 1.26 bits per heavy atom. The molecule has 0 aliphatic rings. The Kier molecular flexibility index (Phi) is 3.95. The maximum atomic E-state index is 10.8. The predicted octanol–water partition coefficient (Wildman–Crippen LogP) is 3.67. The van der Waals surface area contributed by atoms with Gasteiger partial charge in [-0.25, -0.2) is 4.98 Å². The van der Waals surface area contributed by atoms with Gasteiger partial charge in [-0.3, -0.25) is 4.79 Å². The summed E-state index contributed by atoms with van der Waals surface area (Å²) >= 11 is 0. The lowest BCUT2D eigenvalue weighted by atomic mass is 10.1. The van der Waals surface area contributed by atoms with Crippen molar-refractivity contribution in [3.8, 4) is 0 Å². The van der Waals surface area contributed by atoms with Crippen molar-refractivity contribution in [3.05, 3.63) is 53.2 Å². The van der Waals surface area contributed by atoms with E-state index in [0.29, 0.717) is 5.56 Å². The van der Waals surface area contributed by atoms with Crippen LogP contribution < -0.4 is 4.90 Å². The van der Waals surface area contributed by atoms with Gasteiger partial charge in [-0.15, -0.1) is 0 Å². The van der Waals surface area contributed by atoms with Gasteiger partial charge < -0.3 is 4.90 Å². The van der Waals surface area contributed by atoms with Gasteiger partial charge in [-0.05, 0) is 50.1 Å². The molecular weight excluding hydrogens is 236 g/mol. The zero-order valence-corrected chi connectivity index (χ0v) is 11.6. The molecule has 0 N–H and O–H groups in total. The Morgan fingerprint density at radius 2 is 2.05 bits per heavy atom. The summed E-state index contributed by atoms with van der Waals surface area (Å²) in [6.45, 7) is 6.98. The molecule has 98 valence electrons. The van der Waals surface area contributed by atoms with Gasteiger partial charge in [0.1, 0.15) is 5.82 Å². The van der Waals surface area contributed by atoms with Crippen LogP contribution in [0.2, 0.25) is 0 Å². The van der Waals surface area contributed by atoms with Gasteiger partial charge in [0.05, 0.1) is 0 Å². The van der Waals surface area contributed by atoms with Crippen LogP contribution in [0.1, 0.15) is 28.4 Å². The highest BCUT2D eigenvalue weighted by Gasteiger charge is 2.11. The van der Waals surface area contributed by atoms with Gasteiger partial charge in [0.25, 0.3) is 0 Å². The van der Waals surface area contributed by atoms with Crippen molar-refractivity contribution in [2.45, 2.75) is 20.8 Å². The molecule has 2 aromatic rings. The van der Waals surface area contributed by atoms with Crippen molar-refractivity contribution in [1.29, 1.82) is 0 Å². The number of aryl methyl sites for hydroxylation is 2. The van der Waals surface area contributed by atoms with Gasteiger partial charge in [0, 0.05) is 24.0 Å². The summed E-state index contributed by atoms with van der Waals surface area (Å²) in [5, 5.41) is 0. The number of carbonyl (C=O) groups excluding carboxylic acids is 1. The summed E-state index contributed by atoms with van der Waals surface area (Å²) in [4.78, 5) is 17.3. The third kappa shape index (κ3) is 2.81. The second-order valence-electron chi connectivity index (χ2n) is 4.61. The zero-order valence-electron chi connectivity index (χ0n) is 11.6. The highest BCUT2D eigenvalue weighted by atomic mass is 16.1. The molecule has 1 aromatic carbocycles. The minimum absolute atomic E-state index is 0.613. The molecule has 2 rings (SSSR count). The number of nitrogens with zero attached hydrogens (tertiary/aromatic N) is 2. The van der Waals surface area contributed by atoms with Crippen molar-refractivity contribution in [3.63, 3.8) is 0 Å². The molecule has 0 aliphatic heterocycles. The maximum absolute atomic E-state index is 10.8. The molecular formula is C16H18N2O. The molecule has 3 nitrogen and oxygen atoms in total. The number of aldehydes is 1. The molecule has 0 fully saturated rings. The van der Waals surface area contributed by atoms with E-state index < -0.39 is 0 Å². The topological polar surface area (TPSA) is 33.2 Å². The van der Waals surface area contributed by atoms with Crippen LogP contribution >= 0.6 is 0 Å². The van der Waals surface area contributed by atoms with Crippen LogP contribution in [0, 0.1) is 13.8 Å². The molecule has 0 saturated carbocycles. The number of carbonyl (C=O) groups is 1. The molecule has 19 heavy (non-hydrogen) atoms. The first-order valence-corrected chi connectivity index (χ1v) is 6.41. The Hall–Kier alpha value is -2.16.